The molecule has 0 saturated carbocycles. The van der Waals surface area contributed by atoms with Gasteiger partial charge >= 0.3 is 5.97 Å². The van der Waals surface area contributed by atoms with Gasteiger partial charge in [-0.25, -0.2) is 18.2 Å². The van der Waals surface area contributed by atoms with Gasteiger partial charge in [-0.05, 0) is 6.42 Å². The Morgan fingerprint density at radius 3 is 2.79 bits per heavy atom. The number of aromatic carboxylic acids is 1. The summed E-state index contributed by atoms with van der Waals surface area (Å²) >= 11 is 1.14. The number of sulfone groups is 1. The molecule has 1 aliphatic rings. The lowest BCUT2D eigenvalue weighted by atomic mass is 10.1. The van der Waals surface area contributed by atoms with Crippen LogP contribution in [0.2, 0.25) is 0 Å². The predicted molar refractivity (Wildman–Crippen MR) is 67.7 cm³/mol. The minimum absolute atomic E-state index is 0.0471. The molecule has 1 aromatic heterocycles. The molecule has 0 spiro atoms. The van der Waals surface area contributed by atoms with E-state index in [1.165, 1.54) is 5.38 Å². The van der Waals surface area contributed by atoms with E-state index in [4.69, 9.17) is 5.11 Å². The molecule has 2 N–H and O–H groups in total. The van der Waals surface area contributed by atoms with E-state index in [-0.39, 0.29) is 29.7 Å². The summed E-state index contributed by atoms with van der Waals surface area (Å²) in [7, 11) is -3.08. The molecule has 0 bridgehead atoms. The Morgan fingerprint density at radius 2 is 2.26 bits per heavy atom. The summed E-state index contributed by atoms with van der Waals surface area (Å²) in [5, 5.41) is 13.1. The number of nitrogens with zero attached hydrogens (tertiary/aromatic N) is 1. The van der Waals surface area contributed by atoms with E-state index in [1.807, 2.05) is 0 Å². The molecule has 1 fully saturated rings. The molecule has 1 aromatic rings. The highest BCUT2D eigenvalue weighted by Crippen LogP contribution is 2.18. The summed E-state index contributed by atoms with van der Waals surface area (Å²) in [4.78, 5) is 26.2. The van der Waals surface area contributed by atoms with Crippen molar-refractivity contribution in [2.75, 3.05) is 11.5 Å². The molecule has 1 atom stereocenters. The van der Waals surface area contributed by atoms with Gasteiger partial charge in [-0.1, -0.05) is 0 Å². The highest BCUT2D eigenvalue weighted by molar-refractivity contribution is 7.91. The van der Waals surface area contributed by atoms with E-state index in [1.54, 1.807) is 0 Å². The number of carboxylic acid groups (broad SMARTS) is 1. The molecule has 1 unspecified atom stereocenters. The third-order valence-electron chi connectivity index (χ3n) is 2.79. The highest BCUT2D eigenvalue weighted by Gasteiger charge is 2.32. The first-order valence-electron chi connectivity index (χ1n) is 5.53. The molecule has 2 heterocycles. The highest BCUT2D eigenvalue weighted by atomic mass is 32.2. The molecular formula is C10H12N2O5S2. The predicted octanol–water partition coefficient (Wildman–Crippen LogP) is -0.108. The van der Waals surface area contributed by atoms with Crippen LogP contribution in [0.5, 0.6) is 0 Å². The van der Waals surface area contributed by atoms with Crippen molar-refractivity contribution < 1.29 is 23.1 Å². The van der Waals surface area contributed by atoms with E-state index < -0.39 is 21.7 Å². The number of carbonyl (C=O) groups excluding carboxylic acids is 1. The van der Waals surface area contributed by atoms with Crippen LogP contribution in [0.3, 0.4) is 0 Å². The molecule has 1 saturated heterocycles. The first-order chi connectivity index (χ1) is 8.87. The van der Waals surface area contributed by atoms with Gasteiger partial charge in [-0.3, -0.25) is 4.79 Å². The zero-order valence-electron chi connectivity index (χ0n) is 9.83. The molecule has 104 valence electrons. The van der Waals surface area contributed by atoms with Crippen molar-refractivity contribution >= 4 is 33.1 Å². The van der Waals surface area contributed by atoms with Crippen LogP contribution < -0.4 is 5.32 Å². The van der Waals surface area contributed by atoms with Crippen LogP contribution in [-0.4, -0.2) is 41.9 Å². The number of aromatic nitrogens is 1. The zero-order chi connectivity index (χ0) is 14.0. The Hall–Kier alpha value is -1.48. The second-order valence-corrected chi connectivity index (χ2v) is 7.42. The van der Waals surface area contributed by atoms with E-state index in [0.717, 1.165) is 11.3 Å². The Labute approximate surface area is 113 Å². The Bertz CT molecular complexity index is 607. The summed E-state index contributed by atoms with van der Waals surface area (Å²) in [6.07, 6.45) is 0.340. The third kappa shape index (κ3) is 3.51. The second kappa shape index (κ2) is 5.25. The lowest BCUT2D eigenvalue weighted by molar-refractivity contribution is -0.124. The van der Waals surface area contributed by atoms with Crippen molar-refractivity contribution in [1.29, 1.82) is 0 Å². The monoisotopic (exact) mass is 304 g/mol. The van der Waals surface area contributed by atoms with Crippen LogP contribution in [0.15, 0.2) is 5.38 Å². The molecule has 1 aliphatic heterocycles. The van der Waals surface area contributed by atoms with Crippen molar-refractivity contribution in [2.24, 2.45) is 5.92 Å². The number of amides is 1. The summed E-state index contributed by atoms with van der Waals surface area (Å²) in [6.45, 7) is 0.118. The van der Waals surface area contributed by atoms with Crippen molar-refractivity contribution in [1.82, 2.24) is 10.3 Å². The fraction of sp³-hybridized carbons (Fsp3) is 0.500. The summed E-state index contributed by atoms with van der Waals surface area (Å²) in [5.41, 5.74) is -0.0577. The number of hydrogen-bond acceptors (Lipinski definition) is 6. The lowest BCUT2D eigenvalue weighted by Gasteiger charge is -2.07. The minimum Gasteiger partial charge on any atom is -0.476 e. The Kier molecular flexibility index (Phi) is 3.85. The third-order valence-corrected chi connectivity index (χ3v) is 5.40. The van der Waals surface area contributed by atoms with Crippen LogP contribution >= 0.6 is 11.3 Å². The largest absolute Gasteiger partial charge is 0.476 e. The number of hydrogen-bond donors (Lipinski definition) is 2. The van der Waals surface area contributed by atoms with Crippen LogP contribution in [0, 0.1) is 5.92 Å². The average Bonchev–Trinajstić information content (AvgIpc) is 2.92. The number of carbonyl (C=O) groups is 2. The number of carboxylic acids is 1. The molecule has 0 radical (unpaired) electrons. The van der Waals surface area contributed by atoms with Crippen LogP contribution in [0.4, 0.5) is 0 Å². The molecule has 0 aromatic carbocycles. The van der Waals surface area contributed by atoms with Gasteiger partial charge < -0.3 is 10.4 Å². The SMILES string of the molecule is O=C(O)c1csc(CNC(=O)C2CCS(=O)(=O)C2)n1. The second-order valence-electron chi connectivity index (χ2n) is 4.25. The smallest absolute Gasteiger partial charge is 0.355 e. The first kappa shape index (κ1) is 13.9. The Morgan fingerprint density at radius 1 is 1.53 bits per heavy atom. The van der Waals surface area contributed by atoms with Crippen molar-refractivity contribution in [3.63, 3.8) is 0 Å². The maximum atomic E-state index is 11.7. The quantitative estimate of drug-likeness (QED) is 0.802. The van der Waals surface area contributed by atoms with E-state index in [2.05, 4.69) is 10.3 Å². The van der Waals surface area contributed by atoms with Crippen LogP contribution in [0.1, 0.15) is 21.9 Å². The summed E-state index contributed by atoms with van der Waals surface area (Å²) < 4.78 is 22.5. The molecule has 0 aliphatic carbocycles. The first-order valence-corrected chi connectivity index (χ1v) is 8.23. The molecule has 2 rings (SSSR count). The van der Waals surface area contributed by atoms with Crippen LogP contribution in [0.25, 0.3) is 0 Å². The number of thiazole rings is 1. The van der Waals surface area contributed by atoms with Gasteiger partial charge in [-0.15, -0.1) is 11.3 Å². The average molecular weight is 304 g/mol. The standard InChI is InChI=1S/C10H12N2O5S2/c13-9(6-1-2-19(16,17)5-6)11-3-8-12-7(4-18-8)10(14)15/h4,6H,1-3,5H2,(H,11,13)(H,14,15). The van der Waals surface area contributed by atoms with E-state index in [9.17, 15) is 18.0 Å². The van der Waals surface area contributed by atoms with E-state index >= 15 is 0 Å². The Balaban J connectivity index is 1.88. The van der Waals surface area contributed by atoms with Gasteiger partial charge in [0, 0.05) is 5.38 Å². The molecule has 19 heavy (non-hydrogen) atoms. The van der Waals surface area contributed by atoms with Crippen molar-refractivity contribution in [2.45, 2.75) is 13.0 Å². The maximum absolute atomic E-state index is 11.7. The lowest BCUT2D eigenvalue weighted by Crippen LogP contribution is -2.30. The van der Waals surface area contributed by atoms with Gasteiger partial charge in [0.1, 0.15) is 5.01 Å². The van der Waals surface area contributed by atoms with Crippen molar-refractivity contribution in [3.8, 4) is 0 Å². The number of rotatable bonds is 4. The fourth-order valence-electron chi connectivity index (χ4n) is 1.80. The topological polar surface area (TPSA) is 113 Å². The maximum Gasteiger partial charge on any atom is 0.355 e. The minimum atomic E-state index is -3.08. The molecule has 1 amide bonds. The van der Waals surface area contributed by atoms with Crippen LogP contribution in [-0.2, 0) is 21.2 Å². The van der Waals surface area contributed by atoms with Gasteiger partial charge in [0.25, 0.3) is 0 Å². The van der Waals surface area contributed by atoms with Crippen molar-refractivity contribution in [3.05, 3.63) is 16.1 Å². The molecular weight excluding hydrogens is 292 g/mol. The summed E-state index contributed by atoms with van der Waals surface area (Å²) in [6, 6.07) is 0. The van der Waals surface area contributed by atoms with E-state index in [0.29, 0.717) is 11.4 Å². The normalized spacial score (nSPS) is 21.2. The van der Waals surface area contributed by atoms with Gasteiger partial charge in [0.2, 0.25) is 5.91 Å². The van der Waals surface area contributed by atoms with Gasteiger partial charge in [-0.2, -0.15) is 0 Å². The zero-order valence-corrected chi connectivity index (χ0v) is 11.5. The fourth-order valence-corrected chi connectivity index (χ4v) is 4.25. The van der Waals surface area contributed by atoms with Gasteiger partial charge in [0.05, 0.1) is 24.0 Å². The molecule has 7 nitrogen and oxygen atoms in total. The van der Waals surface area contributed by atoms with Gasteiger partial charge in [0.15, 0.2) is 15.5 Å². The number of nitrogens with one attached hydrogen (secondary N) is 1. The summed E-state index contributed by atoms with van der Waals surface area (Å²) in [5.74, 6) is -2.02. The molecule has 9 heteroatoms.